The highest BCUT2D eigenvalue weighted by Gasteiger charge is 2.15. The lowest BCUT2D eigenvalue weighted by Crippen LogP contribution is -2.13. The van der Waals surface area contributed by atoms with Crippen molar-refractivity contribution in [2.75, 3.05) is 19.5 Å². The Hall–Kier alpha value is -1.69. The molecule has 0 amide bonds. The Balaban J connectivity index is 3.32. The Morgan fingerprint density at radius 1 is 1.57 bits per heavy atom. The maximum Gasteiger partial charge on any atom is 0.227 e. The van der Waals surface area contributed by atoms with E-state index in [0.29, 0.717) is 5.82 Å². The van der Waals surface area contributed by atoms with Crippen LogP contribution in [0.15, 0.2) is 0 Å². The highest BCUT2D eigenvalue weighted by molar-refractivity contribution is 6.04. The summed E-state index contributed by atoms with van der Waals surface area (Å²) in [6.45, 7) is 1.25. The Morgan fingerprint density at radius 2 is 2.21 bits per heavy atom. The normalized spacial score (nSPS) is 9.93. The second-order valence-electron chi connectivity index (χ2n) is 2.68. The van der Waals surface area contributed by atoms with Gasteiger partial charge in [0.15, 0.2) is 0 Å². The van der Waals surface area contributed by atoms with Crippen molar-refractivity contribution in [2.45, 2.75) is 6.92 Å². The number of methoxy groups -OCH3 is 1. The summed E-state index contributed by atoms with van der Waals surface area (Å²) in [5, 5.41) is 16.3. The van der Waals surface area contributed by atoms with E-state index in [1.54, 1.807) is 6.92 Å². The number of nitrogens with two attached hydrogens (primary N) is 1. The zero-order valence-electron chi connectivity index (χ0n) is 8.03. The molecule has 0 aliphatic heterocycles. The molecule has 6 heteroatoms. The highest BCUT2D eigenvalue weighted by atomic mass is 16.5. The summed E-state index contributed by atoms with van der Waals surface area (Å²) in [6, 6.07) is 0. The fourth-order valence-electron chi connectivity index (χ4n) is 1.08. The van der Waals surface area contributed by atoms with Crippen LogP contribution in [-0.4, -0.2) is 34.5 Å². The molecule has 4 N–H and O–H groups in total. The number of ether oxygens (including phenoxy) is 1. The van der Waals surface area contributed by atoms with Crippen LogP contribution in [0.4, 0.5) is 5.82 Å². The van der Waals surface area contributed by atoms with Crippen molar-refractivity contribution in [3.05, 3.63) is 11.4 Å². The minimum absolute atomic E-state index is 0.0562. The smallest absolute Gasteiger partial charge is 0.227 e. The molecule has 1 aromatic rings. The number of aliphatic hydroxyl groups is 1. The lowest BCUT2D eigenvalue weighted by atomic mass is 10.2. The van der Waals surface area contributed by atoms with Gasteiger partial charge in [0.05, 0.1) is 19.4 Å². The van der Waals surface area contributed by atoms with E-state index >= 15 is 0 Å². The molecule has 1 rings (SSSR count). The van der Waals surface area contributed by atoms with E-state index in [1.807, 2.05) is 0 Å². The van der Waals surface area contributed by atoms with E-state index in [1.165, 1.54) is 7.11 Å². The van der Waals surface area contributed by atoms with Gasteiger partial charge < -0.3 is 21.0 Å². The molecule has 0 aromatic carbocycles. The average molecular weight is 196 g/mol. The van der Waals surface area contributed by atoms with Crippen molar-refractivity contribution >= 4 is 11.5 Å². The number of hydrogen-bond acceptors (Lipinski definition) is 6. The molecule has 0 saturated heterocycles. The van der Waals surface area contributed by atoms with Crippen LogP contribution in [0, 0.1) is 12.3 Å². The van der Waals surface area contributed by atoms with Gasteiger partial charge in [0.25, 0.3) is 0 Å². The molecule has 76 valence electrons. The third kappa shape index (κ3) is 1.80. The molecule has 14 heavy (non-hydrogen) atoms. The predicted molar refractivity (Wildman–Crippen MR) is 51.6 cm³/mol. The number of nitrogen functional groups attached to an aromatic ring is 1. The molecule has 1 aromatic heterocycles. The number of nitrogens with one attached hydrogen (secondary N) is 1. The van der Waals surface area contributed by atoms with Crippen LogP contribution in [-0.2, 0) is 0 Å². The molecule has 0 spiro atoms. The number of aliphatic hydroxyl groups excluding tert-OH is 1. The molecular formula is C8H12N4O2. The van der Waals surface area contributed by atoms with Crippen LogP contribution in [0.3, 0.4) is 0 Å². The third-order valence-electron chi connectivity index (χ3n) is 1.67. The van der Waals surface area contributed by atoms with E-state index in [9.17, 15) is 0 Å². The van der Waals surface area contributed by atoms with Gasteiger partial charge in [-0.1, -0.05) is 0 Å². The van der Waals surface area contributed by atoms with Gasteiger partial charge in [0, 0.05) is 0 Å². The van der Waals surface area contributed by atoms with E-state index in [0.717, 1.165) is 0 Å². The summed E-state index contributed by atoms with van der Waals surface area (Å²) >= 11 is 0. The predicted octanol–water partition coefficient (Wildman–Crippen LogP) is -0.264. The number of aromatic nitrogens is 2. The Morgan fingerprint density at radius 3 is 2.71 bits per heavy atom. The number of anilines is 1. The third-order valence-corrected chi connectivity index (χ3v) is 1.67. The van der Waals surface area contributed by atoms with Crippen molar-refractivity contribution in [1.82, 2.24) is 9.97 Å². The fourth-order valence-corrected chi connectivity index (χ4v) is 1.08. The molecule has 0 saturated carbocycles. The van der Waals surface area contributed by atoms with Gasteiger partial charge in [0.1, 0.15) is 17.2 Å². The number of nitrogens with zero attached hydrogens (tertiary/aromatic N) is 2. The average Bonchev–Trinajstić information content (AvgIpc) is 2.15. The molecule has 0 radical (unpaired) electrons. The molecular weight excluding hydrogens is 184 g/mol. The zero-order valence-corrected chi connectivity index (χ0v) is 8.03. The summed E-state index contributed by atoms with van der Waals surface area (Å²) in [5.74, 6) is 0.830. The number of aryl methyl sites for hydroxylation is 1. The van der Waals surface area contributed by atoms with Crippen molar-refractivity contribution < 1.29 is 9.84 Å². The first-order valence-corrected chi connectivity index (χ1v) is 3.97. The lowest BCUT2D eigenvalue weighted by Gasteiger charge is -2.09. The number of hydrogen-bond donors (Lipinski definition) is 3. The summed E-state index contributed by atoms with van der Waals surface area (Å²) in [6.07, 6.45) is 0. The van der Waals surface area contributed by atoms with Crippen molar-refractivity contribution in [1.29, 1.82) is 5.41 Å². The summed E-state index contributed by atoms with van der Waals surface area (Å²) in [7, 11) is 1.43. The molecule has 6 nitrogen and oxygen atoms in total. The quantitative estimate of drug-likeness (QED) is 0.577. The van der Waals surface area contributed by atoms with Crippen LogP contribution in [0.2, 0.25) is 0 Å². The largest absolute Gasteiger partial charge is 0.480 e. The lowest BCUT2D eigenvalue weighted by molar-refractivity contribution is 0.355. The molecule has 0 fully saturated rings. The van der Waals surface area contributed by atoms with E-state index in [2.05, 4.69) is 9.97 Å². The van der Waals surface area contributed by atoms with Gasteiger partial charge in [-0.15, -0.1) is 0 Å². The van der Waals surface area contributed by atoms with Crippen LogP contribution in [0.1, 0.15) is 11.4 Å². The Bertz CT molecular complexity index is 365. The van der Waals surface area contributed by atoms with Crippen LogP contribution in [0.25, 0.3) is 0 Å². The van der Waals surface area contributed by atoms with Crippen LogP contribution in [0.5, 0.6) is 5.88 Å². The van der Waals surface area contributed by atoms with Crippen molar-refractivity contribution in [2.24, 2.45) is 0 Å². The Labute approximate surface area is 81.3 Å². The van der Waals surface area contributed by atoms with Gasteiger partial charge in [0.2, 0.25) is 5.88 Å². The summed E-state index contributed by atoms with van der Waals surface area (Å²) < 4.78 is 4.95. The van der Waals surface area contributed by atoms with E-state index < -0.39 is 6.61 Å². The van der Waals surface area contributed by atoms with Gasteiger partial charge in [-0.05, 0) is 6.92 Å². The second-order valence-corrected chi connectivity index (χ2v) is 2.68. The zero-order chi connectivity index (χ0) is 10.7. The second kappa shape index (κ2) is 4.01. The topological polar surface area (TPSA) is 105 Å². The summed E-state index contributed by atoms with van der Waals surface area (Å²) in [5.41, 5.74) is 5.79. The molecule has 0 atom stereocenters. The fraction of sp³-hybridized carbons (Fsp3) is 0.375. The molecule has 0 bridgehead atoms. The van der Waals surface area contributed by atoms with Gasteiger partial charge in [-0.2, -0.15) is 4.98 Å². The minimum Gasteiger partial charge on any atom is -0.480 e. The first-order valence-electron chi connectivity index (χ1n) is 3.97. The number of rotatable bonds is 3. The van der Waals surface area contributed by atoms with Crippen LogP contribution < -0.4 is 10.5 Å². The highest BCUT2D eigenvalue weighted by Crippen LogP contribution is 2.20. The maximum absolute atomic E-state index is 8.81. The molecule has 1 heterocycles. The monoisotopic (exact) mass is 196 g/mol. The first kappa shape index (κ1) is 10.4. The standard InChI is InChI=1S/C8H12N4O2/c1-4-11-7(10)6(5(9)3-13)8(12-4)14-2/h9,13H,3H2,1-2H3,(H2,10,11,12). The minimum atomic E-state index is -0.424. The van der Waals surface area contributed by atoms with Gasteiger partial charge in [-0.3, -0.25) is 0 Å². The first-order chi connectivity index (χ1) is 6.60. The summed E-state index contributed by atoms with van der Waals surface area (Å²) in [4.78, 5) is 7.84. The maximum atomic E-state index is 8.81. The van der Waals surface area contributed by atoms with Crippen LogP contribution >= 0.6 is 0 Å². The van der Waals surface area contributed by atoms with Gasteiger partial charge >= 0.3 is 0 Å². The molecule has 0 unspecified atom stereocenters. The SMILES string of the molecule is COc1nc(C)nc(N)c1C(=N)CO. The van der Waals surface area contributed by atoms with Crippen molar-refractivity contribution in [3.63, 3.8) is 0 Å². The Kier molecular flexibility index (Phi) is 2.98. The van der Waals surface area contributed by atoms with E-state index in [-0.39, 0.29) is 23.0 Å². The van der Waals surface area contributed by atoms with E-state index in [4.69, 9.17) is 21.0 Å². The molecule has 0 aliphatic carbocycles. The van der Waals surface area contributed by atoms with Crippen molar-refractivity contribution in [3.8, 4) is 5.88 Å². The van der Waals surface area contributed by atoms with Gasteiger partial charge in [-0.25, -0.2) is 4.98 Å². The molecule has 0 aliphatic rings.